The molecule has 4 rings (SSSR count). The third-order valence-corrected chi connectivity index (χ3v) is 6.28. The van der Waals surface area contributed by atoms with E-state index in [1.807, 2.05) is 0 Å². The largest absolute Gasteiger partial charge is 0.390 e. The number of H-pyrrole nitrogens is 1. The van der Waals surface area contributed by atoms with E-state index in [-0.39, 0.29) is 40.5 Å². The molecule has 0 unspecified atom stereocenters. The van der Waals surface area contributed by atoms with Gasteiger partial charge in [-0.25, -0.2) is 18.7 Å². The van der Waals surface area contributed by atoms with Gasteiger partial charge in [-0.3, -0.25) is 9.89 Å². The normalized spacial score (nSPS) is 28.1. The number of halogens is 3. The van der Waals surface area contributed by atoms with Gasteiger partial charge in [-0.05, 0) is 37.5 Å². The minimum Gasteiger partial charge on any atom is -0.390 e. The summed E-state index contributed by atoms with van der Waals surface area (Å²) in [7, 11) is 0. The number of nitrogens with one attached hydrogen (secondary N) is 2. The zero-order valence-electron chi connectivity index (χ0n) is 18.4. The Morgan fingerprint density at radius 1 is 1.35 bits per heavy atom. The van der Waals surface area contributed by atoms with E-state index in [0.717, 1.165) is 6.08 Å². The van der Waals surface area contributed by atoms with Gasteiger partial charge in [0, 0.05) is 11.5 Å². The number of carbonyl (C=O) groups excluding carboxylic acids is 1. The Morgan fingerprint density at radius 3 is 2.79 bits per heavy atom. The van der Waals surface area contributed by atoms with Gasteiger partial charge >= 0.3 is 0 Å². The highest BCUT2D eigenvalue weighted by Gasteiger charge is 2.39. The van der Waals surface area contributed by atoms with E-state index in [0.29, 0.717) is 18.4 Å². The molecule has 0 spiro atoms. The number of amides is 1. The number of hydrogen-bond acceptors (Lipinski definition) is 7. The number of anilines is 1. The van der Waals surface area contributed by atoms with Crippen molar-refractivity contribution >= 4 is 34.4 Å². The lowest BCUT2D eigenvalue weighted by molar-refractivity contribution is 0.0392. The first-order valence-electron chi connectivity index (χ1n) is 10.8. The molecule has 5 atom stereocenters. The van der Waals surface area contributed by atoms with Gasteiger partial charge in [0.1, 0.15) is 18.3 Å². The average molecular weight is 495 g/mol. The van der Waals surface area contributed by atoms with Crippen LogP contribution in [0.4, 0.5) is 14.6 Å². The first-order chi connectivity index (χ1) is 16.2. The third kappa shape index (κ3) is 4.82. The molecule has 1 aliphatic carbocycles. The van der Waals surface area contributed by atoms with Crippen LogP contribution in [-0.2, 0) is 0 Å². The zero-order valence-corrected chi connectivity index (χ0v) is 19.1. The minimum absolute atomic E-state index is 0.0136. The summed E-state index contributed by atoms with van der Waals surface area (Å²) < 4.78 is 27.5. The average Bonchev–Trinajstić information content (AvgIpc) is 3.46. The lowest BCUT2D eigenvalue weighted by Crippen LogP contribution is -2.37. The predicted octanol–water partition coefficient (Wildman–Crippen LogP) is 2.75. The van der Waals surface area contributed by atoms with Gasteiger partial charge in [-0.2, -0.15) is 5.10 Å². The van der Waals surface area contributed by atoms with Crippen LogP contribution in [0.3, 0.4) is 0 Å². The maximum absolute atomic E-state index is 14.4. The molecule has 3 heterocycles. The Balaban J connectivity index is 1.64. The Morgan fingerprint density at radius 2 is 2.12 bits per heavy atom. The van der Waals surface area contributed by atoms with Gasteiger partial charge < -0.3 is 20.4 Å². The molecular formula is C22H25ClF2N6O3. The zero-order chi connectivity index (χ0) is 24.6. The summed E-state index contributed by atoms with van der Waals surface area (Å²) in [5.74, 6) is -0.804. The van der Waals surface area contributed by atoms with Crippen molar-refractivity contribution < 1.29 is 23.8 Å². The number of rotatable bonds is 6. The van der Waals surface area contributed by atoms with Crippen molar-refractivity contribution in [1.82, 2.24) is 25.1 Å². The second kappa shape index (κ2) is 9.77. The fourth-order valence-electron chi connectivity index (χ4n) is 4.42. The van der Waals surface area contributed by atoms with Crippen LogP contribution in [-0.4, -0.2) is 78.2 Å². The van der Waals surface area contributed by atoms with Crippen LogP contribution < -0.4 is 5.32 Å². The standard InChI is InChI=1S/C22H25ClF2N6O3/c1-10(5-12(23)6-11(2)24)15-7-13(25)8-31(15)22(34)18-17-20(26-9-27-21(17)30-29-18)28-14-3-4-16(32)19(14)33/h5-6,9,13-16,19,32-33H,1,3-4,7-8H2,2H3,(H2,26,27,28,29,30)/b11-6+,12-5+/t13-,14+,15+,16+,19-/m0/s1. The molecule has 2 fully saturated rings. The molecule has 12 heteroatoms. The SMILES string of the molecule is C=C(/C=C(Cl)\C=C(/C)F)[C@H]1C[C@H](F)CN1C(=O)c1n[nH]c2ncnc(N[C@@H]3CC[C@@H](O)[C@H]3O)c12. The maximum atomic E-state index is 14.4. The molecule has 2 aliphatic rings. The third-order valence-electron chi connectivity index (χ3n) is 6.06. The Bertz CT molecular complexity index is 1160. The fourth-order valence-corrected chi connectivity index (χ4v) is 4.71. The summed E-state index contributed by atoms with van der Waals surface area (Å²) in [5.41, 5.74) is 0.618. The number of hydrogen-bond donors (Lipinski definition) is 4. The van der Waals surface area contributed by atoms with Gasteiger partial charge in [0.15, 0.2) is 11.3 Å². The Kier molecular flexibility index (Phi) is 6.96. The lowest BCUT2D eigenvalue weighted by atomic mass is 10.0. The topological polar surface area (TPSA) is 127 Å². The Hall–Kier alpha value is -2.89. The van der Waals surface area contributed by atoms with Crippen LogP contribution in [0.2, 0.25) is 0 Å². The maximum Gasteiger partial charge on any atom is 0.275 e. The number of alkyl halides is 1. The Labute approximate surface area is 199 Å². The number of fused-ring (bicyclic) bond motifs is 1. The molecule has 1 aliphatic heterocycles. The first kappa shape index (κ1) is 24.2. The number of aliphatic hydroxyl groups excluding tert-OH is 2. The fraction of sp³-hybridized carbons (Fsp3) is 0.455. The highest BCUT2D eigenvalue weighted by atomic mass is 35.5. The van der Waals surface area contributed by atoms with Gasteiger partial charge in [0.05, 0.1) is 42.0 Å². The van der Waals surface area contributed by atoms with Crippen molar-refractivity contribution in [2.24, 2.45) is 0 Å². The predicted molar refractivity (Wildman–Crippen MR) is 123 cm³/mol. The molecule has 2 aromatic rings. The first-order valence-corrected chi connectivity index (χ1v) is 11.2. The quantitative estimate of drug-likeness (QED) is 0.455. The van der Waals surface area contributed by atoms with Crippen LogP contribution >= 0.6 is 11.6 Å². The van der Waals surface area contributed by atoms with E-state index in [9.17, 15) is 23.8 Å². The summed E-state index contributed by atoms with van der Waals surface area (Å²) in [6.45, 7) is 4.97. The number of aromatic nitrogens is 4. The van der Waals surface area contributed by atoms with Crippen molar-refractivity contribution in [3.05, 3.63) is 47.2 Å². The molecule has 0 aromatic carbocycles. The molecule has 0 bridgehead atoms. The van der Waals surface area contributed by atoms with Gasteiger partial charge in [-0.15, -0.1) is 0 Å². The highest BCUT2D eigenvalue weighted by molar-refractivity contribution is 6.31. The van der Waals surface area contributed by atoms with E-state index in [2.05, 4.69) is 32.1 Å². The van der Waals surface area contributed by atoms with E-state index in [4.69, 9.17) is 11.6 Å². The number of aromatic amines is 1. The highest BCUT2D eigenvalue weighted by Crippen LogP contribution is 2.32. The summed E-state index contributed by atoms with van der Waals surface area (Å²) in [4.78, 5) is 23.1. The summed E-state index contributed by atoms with van der Waals surface area (Å²) in [6, 6.07) is -1.18. The number of likely N-dealkylation sites (tertiary alicyclic amines) is 1. The van der Waals surface area contributed by atoms with E-state index in [1.165, 1.54) is 24.2 Å². The number of nitrogens with zero attached hydrogens (tertiary/aromatic N) is 4. The van der Waals surface area contributed by atoms with Crippen LogP contribution in [0, 0.1) is 0 Å². The van der Waals surface area contributed by atoms with E-state index in [1.54, 1.807) is 0 Å². The molecule has 1 amide bonds. The second-order valence-corrected chi connectivity index (χ2v) is 8.98. The summed E-state index contributed by atoms with van der Waals surface area (Å²) in [5, 5.41) is 30.3. The smallest absolute Gasteiger partial charge is 0.275 e. The minimum atomic E-state index is -1.29. The van der Waals surface area contributed by atoms with E-state index < -0.39 is 42.2 Å². The number of allylic oxidation sites excluding steroid dienone is 3. The van der Waals surface area contributed by atoms with Crippen molar-refractivity contribution in [3.63, 3.8) is 0 Å². The van der Waals surface area contributed by atoms with Gasteiger partial charge in [0.25, 0.3) is 5.91 Å². The molecule has 4 N–H and O–H groups in total. The van der Waals surface area contributed by atoms with Crippen LogP contribution in [0.5, 0.6) is 0 Å². The summed E-state index contributed by atoms with van der Waals surface area (Å²) in [6.07, 6.45) is 1.59. The second-order valence-electron chi connectivity index (χ2n) is 8.55. The molecule has 2 aromatic heterocycles. The monoisotopic (exact) mass is 494 g/mol. The van der Waals surface area contributed by atoms with Crippen molar-refractivity contribution in [2.45, 2.75) is 56.6 Å². The number of carbonyl (C=O) groups is 1. The molecule has 1 saturated heterocycles. The molecule has 34 heavy (non-hydrogen) atoms. The van der Waals surface area contributed by atoms with Gasteiger partial charge in [-0.1, -0.05) is 18.2 Å². The van der Waals surface area contributed by atoms with Crippen molar-refractivity contribution in [1.29, 1.82) is 0 Å². The lowest BCUT2D eigenvalue weighted by Gasteiger charge is -2.24. The van der Waals surface area contributed by atoms with Crippen LogP contribution in [0.1, 0.15) is 36.7 Å². The molecular weight excluding hydrogens is 470 g/mol. The van der Waals surface area contributed by atoms with Crippen molar-refractivity contribution in [2.75, 3.05) is 11.9 Å². The molecule has 0 radical (unpaired) electrons. The van der Waals surface area contributed by atoms with Crippen molar-refractivity contribution in [3.8, 4) is 0 Å². The summed E-state index contributed by atoms with van der Waals surface area (Å²) >= 11 is 6.02. The molecule has 1 saturated carbocycles. The molecule has 9 nitrogen and oxygen atoms in total. The molecule has 182 valence electrons. The number of aliphatic hydroxyl groups is 2. The van der Waals surface area contributed by atoms with Gasteiger partial charge in [0.2, 0.25) is 0 Å². The van der Waals surface area contributed by atoms with E-state index >= 15 is 0 Å². The van der Waals surface area contributed by atoms with Crippen LogP contribution in [0.15, 0.2) is 41.5 Å². The van der Waals surface area contributed by atoms with Crippen LogP contribution in [0.25, 0.3) is 11.0 Å².